The number of amidine groups is 1. The third-order valence-corrected chi connectivity index (χ3v) is 4.74. The maximum atomic E-state index is 11.9. The quantitative estimate of drug-likeness (QED) is 0.840. The topological polar surface area (TPSA) is 52.9 Å². The summed E-state index contributed by atoms with van der Waals surface area (Å²) in [7, 11) is 1.82. The van der Waals surface area contributed by atoms with Crippen molar-refractivity contribution in [3.63, 3.8) is 0 Å². The molecule has 0 saturated heterocycles. The summed E-state index contributed by atoms with van der Waals surface area (Å²) >= 11 is 12.4. The first kappa shape index (κ1) is 17.5. The van der Waals surface area contributed by atoms with Crippen molar-refractivity contribution in [2.24, 2.45) is 4.99 Å². The Labute approximate surface area is 156 Å². The van der Waals surface area contributed by atoms with Gasteiger partial charge in [0.1, 0.15) is 5.84 Å². The zero-order valence-corrected chi connectivity index (χ0v) is 15.2. The van der Waals surface area contributed by atoms with Crippen LogP contribution in [0.2, 0.25) is 10.0 Å². The monoisotopic (exact) mass is 374 g/mol. The van der Waals surface area contributed by atoms with E-state index in [0.717, 1.165) is 5.56 Å². The van der Waals surface area contributed by atoms with Gasteiger partial charge in [-0.15, -0.1) is 0 Å². The summed E-state index contributed by atoms with van der Waals surface area (Å²) in [6.07, 6.45) is 0. The van der Waals surface area contributed by atoms with E-state index < -0.39 is 12.0 Å². The van der Waals surface area contributed by atoms with Crippen LogP contribution in [0.3, 0.4) is 0 Å². The van der Waals surface area contributed by atoms with E-state index in [-0.39, 0.29) is 5.57 Å². The van der Waals surface area contributed by atoms with Crippen molar-refractivity contribution in [3.05, 3.63) is 81.0 Å². The molecule has 128 valence electrons. The highest BCUT2D eigenvalue weighted by atomic mass is 35.5. The predicted octanol–water partition coefficient (Wildman–Crippen LogP) is 4.79. The summed E-state index contributed by atoms with van der Waals surface area (Å²) in [4.78, 5) is 18.3. The third-order valence-electron chi connectivity index (χ3n) is 4.18. The van der Waals surface area contributed by atoms with Gasteiger partial charge in [0.05, 0.1) is 17.3 Å². The molecule has 3 rings (SSSR count). The lowest BCUT2D eigenvalue weighted by molar-refractivity contribution is -0.133. The lowest BCUT2D eigenvalue weighted by atomic mass is 9.93. The van der Waals surface area contributed by atoms with Crippen molar-refractivity contribution in [3.8, 4) is 0 Å². The molecule has 0 aliphatic carbocycles. The normalized spacial score (nSPS) is 17.5. The molecule has 1 atom stereocenters. The number of likely N-dealkylation sites (N-methyl/N-ethyl adjacent to an activating group) is 1. The van der Waals surface area contributed by atoms with Gasteiger partial charge in [0, 0.05) is 22.7 Å². The van der Waals surface area contributed by atoms with Gasteiger partial charge in [-0.05, 0) is 24.6 Å². The average molecular weight is 375 g/mol. The number of allylic oxidation sites excluding steroid dienone is 1. The van der Waals surface area contributed by atoms with Crippen molar-refractivity contribution in [1.82, 2.24) is 4.90 Å². The molecule has 1 N–H and O–H groups in total. The first-order valence-electron chi connectivity index (χ1n) is 7.66. The van der Waals surface area contributed by atoms with Gasteiger partial charge in [-0.2, -0.15) is 0 Å². The summed E-state index contributed by atoms with van der Waals surface area (Å²) in [6.45, 7) is 1.70. The lowest BCUT2D eigenvalue weighted by Gasteiger charge is -2.36. The number of carboxylic acid groups (broad SMARTS) is 1. The van der Waals surface area contributed by atoms with Crippen LogP contribution in [0.15, 0.2) is 64.8 Å². The number of benzene rings is 2. The van der Waals surface area contributed by atoms with Gasteiger partial charge in [-0.1, -0.05) is 59.6 Å². The van der Waals surface area contributed by atoms with Gasteiger partial charge in [-0.25, -0.2) is 9.79 Å². The number of carbonyl (C=O) groups is 1. The number of nitrogens with zero attached hydrogens (tertiary/aromatic N) is 2. The molecule has 2 aromatic carbocycles. The van der Waals surface area contributed by atoms with E-state index in [9.17, 15) is 9.90 Å². The molecule has 6 heteroatoms. The van der Waals surface area contributed by atoms with Gasteiger partial charge in [0.25, 0.3) is 0 Å². The van der Waals surface area contributed by atoms with E-state index in [1.54, 1.807) is 25.1 Å². The number of carboxylic acids is 1. The summed E-state index contributed by atoms with van der Waals surface area (Å²) in [5.41, 5.74) is 2.24. The Morgan fingerprint density at radius 3 is 2.44 bits per heavy atom. The minimum absolute atomic E-state index is 0.200. The van der Waals surface area contributed by atoms with Crippen LogP contribution in [0, 0.1) is 0 Å². The number of hydrogen-bond acceptors (Lipinski definition) is 3. The van der Waals surface area contributed by atoms with Crippen LogP contribution in [0.4, 0.5) is 0 Å². The number of aliphatic carboxylic acids is 1. The standard InChI is InChI=1S/C19H16Cl2N2O2/c1-11-16(19(24)25)17(14-9-8-13(20)10-15(14)21)23(2)18(22-11)12-6-4-3-5-7-12/h3-10,17H,1-2H3,(H,24,25). The van der Waals surface area contributed by atoms with Gasteiger partial charge in [0.2, 0.25) is 0 Å². The van der Waals surface area contributed by atoms with E-state index in [1.165, 1.54) is 0 Å². The fourth-order valence-corrected chi connectivity index (χ4v) is 3.54. The Morgan fingerprint density at radius 1 is 1.16 bits per heavy atom. The predicted molar refractivity (Wildman–Crippen MR) is 100 cm³/mol. The second-order valence-electron chi connectivity index (χ2n) is 5.78. The Morgan fingerprint density at radius 2 is 1.84 bits per heavy atom. The van der Waals surface area contributed by atoms with Crippen LogP contribution in [0.1, 0.15) is 24.1 Å². The maximum Gasteiger partial charge on any atom is 0.335 e. The van der Waals surface area contributed by atoms with Gasteiger partial charge in [-0.3, -0.25) is 0 Å². The molecular weight excluding hydrogens is 359 g/mol. The zero-order valence-electron chi connectivity index (χ0n) is 13.7. The smallest absolute Gasteiger partial charge is 0.335 e. The highest BCUT2D eigenvalue weighted by Crippen LogP contribution is 2.39. The zero-order chi connectivity index (χ0) is 18.1. The van der Waals surface area contributed by atoms with Crippen LogP contribution < -0.4 is 0 Å². The van der Waals surface area contributed by atoms with E-state index >= 15 is 0 Å². The Bertz CT molecular complexity index is 892. The Balaban J connectivity index is 2.20. The molecule has 0 radical (unpaired) electrons. The highest BCUT2D eigenvalue weighted by molar-refractivity contribution is 6.35. The van der Waals surface area contributed by atoms with Crippen LogP contribution >= 0.6 is 23.2 Å². The second kappa shape index (κ2) is 6.90. The number of hydrogen-bond donors (Lipinski definition) is 1. The SMILES string of the molecule is CC1=C(C(=O)O)C(c2ccc(Cl)cc2Cl)N(C)C(c2ccccc2)=N1. The molecule has 0 spiro atoms. The van der Waals surface area contributed by atoms with Crippen molar-refractivity contribution in [2.45, 2.75) is 13.0 Å². The van der Waals surface area contributed by atoms with Gasteiger partial charge in [0.15, 0.2) is 0 Å². The first-order valence-corrected chi connectivity index (χ1v) is 8.41. The van der Waals surface area contributed by atoms with E-state index in [2.05, 4.69) is 4.99 Å². The Hall–Kier alpha value is -2.30. The lowest BCUT2D eigenvalue weighted by Crippen LogP contribution is -2.38. The fraction of sp³-hybridized carbons (Fsp3) is 0.158. The largest absolute Gasteiger partial charge is 0.478 e. The van der Waals surface area contributed by atoms with Gasteiger partial charge >= 0.3 is 5.97 Å². The van der Waals surface area contributed by atoms with Gasteiger partial charge < -0.3 is 10.0 Å². The summed E-state index contributed by atoms with van der Waals surface area (Å²) in [5, 5.41) is 10.7. The number of rotatable bonds is 3. The van der Waals surface area contributed by atoms with Crippen molar-refractivity contribution >= 4 is 35.0 Å². The van der Waals surface area contributed by atoms with Crippen molar-refractivity contribution < 1.29 is 9.90 Å². The first-order chi connectivity index (χ1) is 11.9. The van der Waals surface area contributed by atoms with E-state index in [1.807, 2.05) is 42.3 Å². The molecule has 0 fully saturated rings. The minimum atomic E-state index is -1.02. The molecule has 1 heterocycles. The Kier molecular flexibility index (Phi) is 4.84. The molecule has 1 aliphatic rings. The van der Waals surface area contributed by atoms with Crippen LogP contribution in [0.25, 0.3) is 0 Å². The number of aliphatic imine (C=N–C) groups is 1. The molecule has 2 aromatic rings. The third kappa shape index (κ3) is 3.28. The second-order valence-corrected chi connectivity index (χ2v) is 6.63. The van der Waals surface area contributed by atoms with Crippen molar-refractivity contribution in [1.29, 1.82) is 0 Å². The van der Waals surface area contributed by atoms with Crippen LogP contribution in [-0.2, 0) is 4.79 Å². The molecule has 4 nitrogen and oxygen atoms in total. The molecule has 0 bridgehead atoms. The summed E-state index contributed by atoms with van der Waals surface area (Å²) < 4.78 is 0. The number of halogens is 2. The molecule has 0 aromatic heterocycles. The minimum Gasteiger partial charge on any atom is -0.478 e. The fourth-order valence-electron chi connectivity index (χ4n) is 3.03. The average Bonchev–Trinajstić information content (AvgIpc) is 2.57. The van der Waals surface area contributed by atoms with Crippen molar-refractivity contribution in [2.75, 3.05) is 7.05 Å². The van der Waals surface area contributed by atoms with Crippen LogP contribution in [-0.4, -0.2) is 28.9 Å². The van der Waals surface area contributed by atoms with Crippen LogP contribution in [0.5, 0.6) is 0 Å². The molecule has 0 saturated carbocycles. The summed E-state index contributed by atoms with van der Waals surface area (Å²) in [5.74, 6) is -0.324. The summed E-state index contributed by atoms with van der Waals surface area (Å²) in [6, 6.07) is 14.2. The molecule has 1 aliphatic heterocycles. The van der Waals surface area contributed by atoms with E-state index in [0.29, 0.717) is 27.1 Å². The molecule has 1 unspecified atom stereocenters. The molecular formula is C19H16Cl2N2O2. The highest BCUT2D eigenvalue weighted by Gasteiger charge is 2.35. The maximum absolute atomic E-state index is 11.9. The molecule has 0 amide bonds. The molecule has 25 heavy (non-hydrogen) atoms. The van der Waals surface area contributed by atoms with E-state index in [4.69, 9.17) is 23.2 Å².